The van der Waals surface area contributed by atoms with E-state index in [1.54, 1.807) is 12.3 Å². The largest absolute Gasteiger partial charge is 0.399 e. The lowest BCUT2D eigenvalue weighted by molar-refractivity contribution is 0.215. The van der Waals surface area contributed by atoms with Gasteiger partial charge in [0.15, 0.2) is 0 Å². The van der Waals surface area contributed by atoms with E-state index in [4.69, 9.17) is 0 Å². The van der Waals surface area contributed by atoms with Gasteiger partial charge in [0.25, 0.3) is 0 Å². The molecule has 7 heavy (non-hydrogen) atoms. The van der Waals surface area contributed by atoms with E-state index in [2.05, 4.69) is 9.99 Å². The fourth-order valence-electron chi connectivity index (χ4n) is 0.182. The first kappa shape index (κ1) is 6.21. The molecule has 2 nitrogen and oxygen atoms in total. The monoisotopic (exact) mass is 99.1 g/mol. The van der Waals surface area contributed by atoms with E-state index >= 15 is 0 Å². The Balaban J connectivity index is 3.09. The zero-order chi connectivity index (χ0) is 5.54. The molecular formula is C5H9NO. The highest BCUT2D eigenvalue weighted by Gasteiger charge is 1.56. The molecule has 0 heterocycles. The van der Waals surface area contributed by atoms with Crippen LogP contribution in [0.2, 0.25) is 0 Å². The minimum atomic E-state index is 1.51. The Hall–Kier alpha value is -0.790. The van der Waals surface area contributed by atoms with Crippen molar-refractivity contribution in [2.24, 2.45) is 5.16 Å². The fourth-order valence-corrected chi connectivity index (χ4v) is 0.182. The minimum absolute atomic E-state index is 1.51. The SMILES string of the molecule is C/C=C\C=N\OC. The van der Waals surface area contributed by atoms with E-state index in [1.165, 1.54) is 7.11 Å². The lowest BCUT2D eigenvalue weighted by atomic mass is 10.6. The Bertz CT molecular complexity index is 76.1. The molecule has 0 rings (SSSR count). The molecule has 0 aromatic rings. The molecule has 40 valence electrons. The van der Waals surface area contributed by atoms with Crippen molar-refractivity contribution in [3.05, 3.63) is 12.2 Å². The molecule has 0 bridgehead atoms. The summed E-state index contributed by atoms with van der Waals surface area (Å²) in [6.07, 6.45) is 5.26. The van der Waals surface area contributed by atoms with Crippen LogP contribution in [0.25, 0.3) is 0 Å². The second kappa shape index (κ2) is 5.21. The number of rotatable bonds is 2. The van der Waals surface area contributed by atoms with E-state index < -0.39 is 0 Å². The average molecular weight is 99.1 g/mol. The number of oxime groups is 1. The molecule has 0 aromatic carbocycles. The van der Waals surface area contributed by atoms with Crippen LogP contribution in [0, 0.1) is 0 Å². The Labute approximate surface area is 43.5 Å². The van der Waals surface area contributed by atoms with Gasteiger partial charge in [-0.05, 0) is 13.0 Å². The summed E-state index contributed by atoms with van der Waals surface area (Å²) in [5, 5.41) is 3.45. The van der Waals surface area contributed by atoms with Crippen LogP contribution in [0.4, 0.5) is 0 Å². The third kappa shape index (κ3) is 5.21. The van der Waals surface area contributed by atoms with Crippen LogP contribution in [-0.4, -0.2) is 13.3 Å². The summed E-state index contributed by atoms with van der Waals surface area (Å²) in [7, 11) is 1.51. The molecule has 0 aliphatic rings. The maximum Gasteiger partial charge on any atom is 0.106 e. The Morgan fingerprint density at radius 3 is 2.71 bits per heavy atom. The van der Waals surface area contributed by atoms with Gasteiger partial charge >= 0.3 is 0 Å². The first-order valence-electron chi connectivity index (χ1n) is 2.09. The van der Waals surface area contributed by atoms with Crippen molar-refractivity contribution >= 4 is 6.21 Å². The molecule has 0 aromatic heterocycles. The summed E-state index contributed by atoms with van der Waals surface area (Å²) in [6.45, 7) is 1.92. The van der Waals surface area contributed by atoms with E-state index in [1.807, 2.05) is 13.0 Å². The van der Waals surface area contributed by atoms with Crippen LogP contribution < -0.4 is 0 Å². The molecule has 0 saturated carbocycles. The van der Waals surface area contributed by atoms with Crippen LogP contribution in [0.3, 0.4) is 0 Å². The fraction of sp³-hybridized carbons (Fsp3) is 0.400. The summed E-state index contributed by atoms with van der Waals surface area (Å²) in [6, 6.07) is 0. The van der Waals surface area contributed by atoms with Gasteiger partial charge in [0.05, 0.1) is 6.21 Å². The summed E-state index contributed by atoms with van der Waals surface area (Å²) < 4.78 is 0. The quantitative estimate of drug-likeness (QED) is 0.376. The molecule has 0 fully saturated rings. The predicted molar refractivity (Wildman–Crippen MR) is 30.3 cm³/mol. The summed E-state index contributed by atoms with van der Waals surface area (Å²) in [4.78, 5) is 4.36. The van der Waals surface area contributed by atoms with Crippen LogP contribution >= 0.6 is 0 Å². The van der Waals surface area contributed by atoms with E-state index in [0.717, 1.165) is 0 Å². The Kier molecular flexibility index (Phi) is 4.62. The van der Waals surface area contributed by atoms with Crippen molar-refractivity contribution in [1.82, 2.24) is 0 Å². The first-order valence-corrected chi connectivity index (χ1v) is 2.09. The maximum atomic E-state index is 4.36. The summed E-state index contributed by atoms with van der Waals surface area (Å²) in [5.41, 5.74) is 0. The van der Waals surface area contributed by atoms with Crippen molar-refractivity contribution in [2.45, 2.75) is 6.92 Å². The number of hydrogen-bond donors (Lipinski definition) is 0. The van der Waals surface area contributed by atoms with Crippen molar-refractivity contribution < 1.29 is 4.84 Å². The highest BCUT2D eigenvalue weighted by molar-refractivity contribution is 5.70. The number of hydrogen-bond acceptors (Lipinski definition) is 2. The van der Waals surface area contributed by atoms with Gasteiger partial charge in [-0.1, -0.05) is 11.2 Å². The van der Waals surface area contributed by atoms with Gasteiger partial charge in [-0.25, -0.2) is 0 Å². The van der Waals surface area contributed by atoms with Crippen molar-refractivity contribution in [1.29, 1.82) is 0 Å². The van der Waals surface area contributed by atoms with Crippen molar-refractivity contribution in [3.8, 4) is 0 Å². The maximum absolute atomic E-state index is 4.36. The summed E-state index contributed by atoms with van der Waals surface area (Å²) >= 11 is 0. The van der Waals surface area contributed by atoms with E-state index in [9.17, 15) is 0 Å². The van der Waals surface area contributed by atoms with Crippen LogP contribution in [0.1, 0.15) is 6.92 Å². The molecule has 0 unspecified atom stereocenters. The van der Waals surface area contributed by atoms with Crippen molar-refractivity contribution in [2.75, 3.05) is 7.11 Å². The molecule has 0 aliphatic heterocycles. The highest BCUT2D eigenvalue weighted by Crippen LogP contribution is 1.65. The van der Waals surface area contributed by atoms with Gasteiger partial charge in [0.2, 0.25) is 0 Å². The molecule has 0 saturated heterocycles. The molecule has 0 radical (unpaired) electrons. The molecule has 0 amide bonds. The van der Waals surface area contributed by atoms with Crippen molar-refractivity contribution in [3.63, 3.8) is 0 Å². The normalized spacial score (nSPS) is 11.1. The van der Waals surface area contributed by atoms with Gasteiger partial charge < -0.3 is 4.84 Å². The Morgan fingerprint density at radius 1 is 1.57 bits per heavy atom. The van der Waals surface area contributed by atoms with Crippen LogP contribution in [-0.2, 0) is 4.84 Å². The summed E-state index contributed by atoms with van der Waals surface area (Å²) in [5.74, 6) is 0. The lowest BCUT2D eigenvalue weighted by Crippen LogP contribution is -1.66. The van der Waals surface area contributed by atoms with Crippen LogP contribution in [0.15, 0.2) is 17.3 Å². The number of nitrogens with zero attached hydrogens (tertiary/aromatic N) is 1. The molecular weight excluding hydrogens is 90.1 g/mol. The Morgan fingerprint density at radius 2 is 2.29 bits per heavy atom. The minimum Gasteiger partial charge on any atom is -0.399 e. The second-order valence-corrected chi connectivity index (χ2v) is 0.963. The zero-order valence-corrected chi connectivity index (χ0v) is 4.59. The van der Waals surface area contributed by atoms with Gasteiger partial charge in [0, 0.05) is 0 Å². The molecule has 0 atom stereocenters. The molecule has 2 heteroatoms. The molecule has 0 N–H and O–H groups in total. The lowest BCUT2D eigenvalue weighted by Gasteiger charge is -1.77. The topological polar surface area (TPSA) is 21.6 Å². The first-order chi connectivity index (χ1) is 3.41. The average Bonchev–Trinajstić information content (AvgIpc) is 1.69. The van der Waals surface area contributed by atoms with Gasteiger partial charge in [-0.3, -0.25) is 0 Å². The molecule has 0 aliphatic carbocycles. The predicted octanol–water partition coefficient (Wildman–Crippen LogP) is 1.19. The van der Waals surface area contributed by atoms with Crippen LogP contribution in [0.5, 0.6) is 0 Å². The third-order valence-electron chi connectivity index (χ3n) is 0.445. The van der Waals surface area contributed by atoms with Gasteiger partial charge in [-0.15, -0.1) is 0 Å². The van der Waals surface area contributed by atoms with Gasteiger partial charge in [0.1, 0.15) is 7.11 Å². The van der Waals surface area contributed by atoms with Gasteiger partial charge in [-0.2, -0.15) is 0 Å². The molecule has 0 spiro atoms. The second-order valence-electron chi connectivity index (χ2n) is 0.963. The zero-order valence-electron chi connectivity index (χ0n) is 4.59. The third-order valence-corrected chi connectivity index (χ3v) is 0.445. The standard InChI is InChI=1S/C5H9NO/c1-3-4-5-6-7-2/h3-5H,1-2H3/b4-3-,6-5+. The smallest absolute Gasteiger partial charge is 0.106 e. The number of allylic oxidation sites excluding steroid dienone is 2. The van der Waals surface area contributed by atoms with E-state index in [-0.39, 0.29) is 0 Å². The highest BCUT2D eigenvalue weighted by atomic mass is 16.6. The van der Waals surface area contributed by atoms with E-state index in [0.29, 0.717) is 0 Å².